The first-order valence-electron chi connectivity index (χ1n) is 10.2. The summed E-state index contributed by atoms with van der Waals surface area (Å²) in [6.07, 6.45) is 7.89. The molecule has 1 amide bonds. The van der Waals surface area contributed by atoms with E-state index in [1.807, 2.05) is 43.3 Å². The summed E-state index contributed by atoms with van der Waals surface area (Å²) in [7, 11) is 0. The van der Waals surface area contributed by atoms with E-state index in [1.165, 1.54) is 0 Å². The number of carbonyl (C=O) groups excluding carboxylic acids is 1. The summed E-state index contributed by atoms with van der Waals surface area (Å²) in [5.41, 5.74) is 0.976. The van der Waals surface area contributed by atoms with Crippen molar-refractivity contribution < 1.29 is 9.53 Å². The molecule has 29 heavy (non-hydrogen) atoms. The largest absolute Gasteiger partial charge is 0.494 e. The van der Waals surface area contributed by atoms with Crippen LogP contribution in [-0.4, -0.2) is 66.7 Å². The van der Waals surface area contributed by atoms with Crippen molar-refractivity contribution in [2.75, 3.05) is 50.8 Å². The third kappa shape index (κ3) is 6.87. The van der Waals surface area contributed by atoms with Crippen molar-refractivity contribution in [1.82, 2.24) is 20.2 Å². The van der Waals surface area contributed by atoms with Gasteiger partial charge in [0.1, 0.15) is 5.75 Å². The van der Waals surface area contributed by atoms with E-state index in [9.17, 15) is 4.79 Å². The number of benzene rings is 1. The first kappa shape index (κ1) is 20.8. The van der Waals surface area contributed by atoms with Crippen molar-refractivity contribution in [2.24, 2.45) is 0 Å². The molecule has 2 aromatic rings. The second-order valence-electron chi connectivity index (χ2n) is 6.86. The van der Waals surface area contributed by atoms with E-state index in [-0.39, 0.29) is 5.91 Å². The highest BCUT2D eigenvalue weighted by molar-refractivity contribution is 5.91. The number of rotatable bonds is 9. The van der Waals surface area contributed by atoms with Crippen LogP contribution in [0.1, 0.15) is 18.9 Å². The lowest BCUT2D eigenvalue weighted by Crippen LogP contribution is -2.47. The maximum Gasteiger partial charge on any atom is 0.243 e. The highest BCUT2D eigenvalue weighted by Gasteiger charge is 2.18. The van der Waals surface area contributed by atoms with Crippen molar-refractivity contribution in [3.8, 4) is 5.75 Å². The lowest BCUT2D eigenvalue weighted by molar-refractivity contribution is -0.116. The molecule has 0 unspecified atom stereocenters. The van der Waals surface area contributed by atoms with Crippen LogP contribution in [0.5, 0.6) is 5.75 Å². The van der Waals surface area contributed by atoms with Crippen LogP contribution in [0.15, 0.2) is 48.8 Å². The van der Waals surface area contributed by atoms with Gasteiger partial charge in [-0.05, 0) is 49.7 Å². The molecular formula is C22H29N5O2. The Morgan fingerprint density at radius 3 is 2.55 bits per heavy atom. The van der Waals surface area contributed by atoms with Crippen molar-refractivity contribution in [1.29, 1.82) is 0 Å². The molecule has 1 saturated heterocycles. The molecule has 3 rings (SSSR count). The molecule has 1 aliphatic heterocycles. The van der Waals surface area contributed by atoms with E-state index in [0.717, 1.165) is 56.4 Å². The topological polar surface area (TPSA) is 70.6 Å². The van der Waals surface area contributed by atoms with Gasteiger partial charge in [-0.3, -0.25) is 9.69 Å². The molecular weight excluding hydrogens is 366 g/mol. The number of hydrogen-bond acceptors (Lipinski definition) is 6. The smallest absolute Gasteiger partial charge is 0.243 e. The van der Waals surface area contributed by atoms with Crippen LogP contribution in [0, 0.1) is 0 Å². The number of nitrogens with one attached hydrogen (secondary N) is 1. The van der Waals surface area contributed by atoms with Gasteiger partial charge in [0.15, 0.2) is 0 Å². The van der Waals surface area contributed by atoms with Crippen LogP contribution in [0.2, 0.25) is 0 Å². The average Bonchev–Trinajstić information content (AvgIpc) is 2.77. The van der Waals surface area contributed by atoms with Crippen molar-refractivity contribution in [2.45, 2.75) is 13.3 Å². The zero-order valence-corrected chi connectivity index (χ0v) is 17.0. The molecule has 0 atom stereocenters. The summed E-state index contributed by atoms with van der Waals surface area (Å²) in [6, 6.07) is 9.53. The van der Waals surface area contributed by atoms with Crippen LogP contribution in [-0.2, 0) is 4.79 Å². The van der Waals surface area contributed by atoms with E-state index < -0.39 is 0 Å². The van der Waals surface area contributed by atoms with Crippen LogP contribution < -0.4 is 15.0 Å². The number of hydrogen-bond donors (Lipinski definition) is 1. The normalized spacial score (nSPS) is 14.9. The Labute approximate surface area is 172 Å². The molecule has 1 N–H and O–H groups in total. The van der Waals surface area contributed by atoms with E-state index >= 15 is 0 Å². The monoisotopic (exact) mass is 395 g/mol. The number of amides is 1. The summed E-state index contributed by atoms with van der Waals surface area (Å²) in [6.45, 7) is 8.10. The van der Waals surface area contributed by atoms with Crippen LogP contribution >= 0.6 is 0 Å². The lowest BCUT2D eigenvalue weighted by atomic mass is 10.2. The molecule has 0 radical (unpaired) electrons. The third-order valence-electron chi connectivity index (χ3n) is 4.78. The van der Waals surface area contributed by atoms with Gasteiger partial charge in [0.05, 0.1) is 6.61 Å². The summed E-state index contributed by atoms with van der Waals surface area (Å²) < 4.78 is 5.41. The standard InChI is InChI=1S/C22H29N5O2/c1-2-29-20-8-5-19(6-9-20)7-10-21(28)23-13-4-14-26-15-17-27(18-16-26)22-24-11-3-12-25-22/h3,5-12H,2,4,13-18H2,1H3,(H,23,28)/b10-7+. The number of piperazine rings is 1. The first-order valence-corrected chi connectivity index (χ1v) is 10.2. The highest BCUT2D eigenvalue weighted by Crippen LogP contribution is 2.13. The van der Waals surface area contributed by atoms with Crippen molar-refractivity contribution in [3.63, 3.8) is 0 Å². The summed E-state index contributed by atoms with van der Waals surface area (Å²) in [4.78, 5) is 25.2. The average molecular weight is 396 g/mol. The zero-order valence-electron chi connectivity index (χ0n) is 17.0. The Kier molecular flexibility index (Phi) is 8.01. The van der Waals surface area contributed by atoms with E-state index in [2.05, 4.69) is 25.1 Å². The highest BCUT2D eigenvalue weighted by atomic mass is 16.5. The molecule has 1 aromatic carbocycles. The van der Waals surface area contributed by atoms with Gasteiger partial charge in [0, 0.05) is 51.2 Å². The first-order chi connectivity index (χ1) is 14.2. The predicted octanol–water partition coefficient (Wildman–Crippen LogP) is 2.22. The summed E-state index contributed by atoms with van der Waals surface area (Å²) in [5, 5.41) is 2.95. The van der Waals surface area contributed by atoms with Gasteiger partial charge < -0.3 is 15.0 Å². The molecule has 7 heteroatoms. The number of carbonyl (C=O) groups is 1. The fraction of sp³-hybridized carbons (Fsp3) is 0.409. The number of nitrogens with zero attached hydrogens (tertiary/aromatic N) is 4. The number of ether oxygens (including phenoxy) is 1. The Hall–Kier alpha value is -2.93. The molecule has 0 aliphatic carbocycles. The Morgan fingerprint density at radius 1 is 1.14 bits per heavy atom. The Morgan fingerprint density at radius 2 is 1.86 bits per heavy atom. The third-order valence-corrected chi connectivity index (χ3v) is 4.78. The fourth-order valence-electron chi connectivity index (χ4n) is 3.21. The van der Waals surface area contributed by atoms with Crippen molar-refractivity contribution in [3.05, 3.63) is 54.4 Å². The quantitative estimate of drug-likeness (QED) is 0.519. The van der Waals surface area contributed by atoms with E-state index in [0.29, 0.717) is 13.2 Å². The van der Waals surface area contributed by atoms with Crippen LogP contribution in [0.25, 0.3) is 6.08 Å². The summed E-state index contributed by atoms with van der Waals surface area (Å²) in [5.74, 6) is 1.58. The summed E-state index contributed by atoms with van der Waals surface area (Å²) >= 11 is 0. The van der Waals surface area contributed by atoms with Gasteiger partial charge in [-0.15, -0.1) is 0 Å². The Balaban J connectivity index is 1.30. The second kappa shape index (κ2) is 11.2. The number of anilines is 1. The molecule has 0 spiro atoms. The maximum atomic E-state index is 12.0. The second-order valence-corrected chi connectivity index (χ2v) is 6.86. The molecule has 0 bridgehead atoms. The molecule has 2 heterocycles. The molecule has 7 nitrogen and oxygen atoms in total. The van der Waals surface area contributed by atoms with Gasteiger partial charge in [-0.2, -0.15) is 0 Å². The molecule has 154 valence electrons. The maximum absolute atomic E-state index is 12.0. The lowest BCUT2D eigenvalue weighted by Gasteiger charge is -2.34. The SMILES string of the molecule is CCOc1ccc(/C=C/C(=O)NCCCN2CCN(c3ncccn3)CC2)cc1. The van der Waals surface area contributed by atoms with Gasteiger partial charge in [-0.1, -0.05) is 12.1 Å². The predicted molar refractivity (Wildman–Crippen MR) is 115 cm³/mol. The number of aromatic nitrogens is 2. The molecule has 1 aliphatic rings. The molecule has 0 saturated carbocycles. The van der Waals surface area contributed by atoms with Crippen LogP contribution in [0.3, 0.4) is 0 Å². The van der Waals surface area contributed by atoms with E-state index in [1.54, 1.807) is 18.5 Å². The minimum Gasteiger partial charge on any atom is -0.494 e. The van der Waals surface area contributed by atoms with Gasteiger partial charge in [0.25, 0.3) is 0 Å². The van der Waals surface area contributed by atoms with Gasteiger partial charge in [-0.25, -0.2) is 9.97 Å². The molecule has 1 fully saturated rings. The fourth-order valence-corrected chi connectivity index (χ4v) is 3.21. The minimum atomic E-state index is -0.0649. The zero-order chi connectivity index (χ0) is 20.3. The minimum absolute atomic E-state index is 0.0649. The van der Waals surface area contributed by atoms with Gasteiger partial charge in [0.2, 0.25) is 11.9 Å². The molecule has 1 aromatic heterocycles. The van der Waals surface area contributed by atoms with Gasteiger partial charge >= 0.3 is 0 Å². The van der Waals surface area contributed by atoms with Crippen molar-refractivity contribution >= 4 is 17.9 Å². The Bertz CT molecular complexity index is 772. The van der Waals surface area contributed by atoms with E-state index in [4.69, 9.17) is 4.74 Å². The van der Waals surface area contributed by atoms with Crippen LogP contribution in [0.4, 0.5) is 5.95 Å².